The van der Waals surface area contributed by atoms with E-state index in [1.165, 1.54) is 7.11 Å². The van der Waals surface area contributed by atoms with Gasteiger partial charge in [0.1, 0.15) is 5.75 Å². The highest BCUT2D eigenvalue weighted by Gasteiger charge is 2.05. The van der Waals surface area contributed by atoms with Crippen molar-refractivity contribution in [3.05, 3.63) is 27.7 Å². The van der Waals surface area contributed by atoms with Crippen LogP contribution in [0.1, 0.15) is 5.56 Å². The van der Waals surface area contributed by atoms with Gasteiger partial charge in [0, 0.05) is 11.6 Å². The Morgan fingerprint density at radius 1 is 1.44 bits per heavy atom. The third kappa shape index (κ3) is 4.11. The van der Waals surface area contributed by atoms with E-state index in [4.69, 9.17) is 33.7 Å². The zero-order chi connectivity index (χ0) is 13.5. The smallest absolute Gasteiger partial charge is 0.234 e. The molecule has 0 fully saturated rings. The molecule has 0 unspecified atom stereocenters. The largest absolute Gasteiger partial charge is 0.495 e. The van der Waals surface area contributed by atoms with Crippen LogP contribution in [-0.4, -0.2) is 26.1 Å². The average molecular weight is 287 g/mol. The van der Waals surface area contributed by atoms with Crippen LogP contribution in [0.5, 0.6) is 5.75 Å². The number of halogens is 2. The molecule has 0 saturated carbocycles. The number of benzene rings is 1. The number of methoxy groups -OCH3 is 1. The van der Waals surface area contributed by atoms with Crippen molar-refractivity contribution in [1.82, 2.24) is 5.32 Å². The molecule has 0 aliphatic carbocycles. The van der Waals surface area contributed by atoms with E-state index in [-0.39, 0.29) is 19.0 Å². The van der Waals surface area contributed by atoms with Crippen LogP contribution < -0.4 is 15.8 Å². The van der Waals surface area contributed by atoms with Gasteiger partial charge in [-0.2, -0.15) is 0 Å². The summed E-state index contributed by atoms with van der Waals surface area (Å²) < 4.78 is 5.02. The van der Waals surface area contributed by atoms with Crippen LogP contribution in [0.3, 0.4) is 0 Å². The summed E-state index contributed by atoms with van der Waals surface area (Å²) in [6.45, 7) is 0.146. The highest BCUT2D eigenvalue weighted by molar-refractivity contribution is 6.35. The molecule has 0 saturated heterocycles. The summed E-state index contributed by atoms with van der Waals surface area (Å²) >= 11 is 11.9. The Balaban J connectivity index is 2.76. The fourth-order valence-electron chi connectivity index (χ4n) is 1.14. The van der Waals surface area contributed by atoms with Crippen molar-refractivity contribution in [3.8, 4) is 17.6 Å². The lowest BCUT2D eigenvalue weighted by Crippen LogP contribution is -2.30. The maximum absolute atomic E-state index is 10.9. The standard InChI is InChI=1S/C12H12Cl2N2O2/c1-18-11-6-9(13)8(5-10(11)14)3-2-4-16-12(17)7-15/h5-6H,4,7,15H2,1H3,(H,16,17). The Morgan fingerprint density at radius 3 is 2.78 bits per heavy atom. The van der Waals surface area contributed by atoms with Gasteiger partial charge >= 0.3 is 0 Å². The van der Waals surface area contributed by atoms with Crippen LogP contribution in [-0.2, 0) is 4.79 Å². The van der Waals surface area contributed by atoms with Crippen molar-refractivity contribution >= 4 is 29.1 Å². The molecule has 0 atom stereocenters. The van der Waals surface area contributed by atoms with Gasteiger partial charge in [-0.05, 0) is 6.07 Å². The van der Waals surface area contributed by atoms with Gasteiger partial charge in [-0.15, -0.1) is 0 Å². The van der Waals surface area contributed by atoms with Crippen LogP contribution in [0.2, 0.25) is 10.0 Å². The van der Waals surface area contributed by atoms with Gasteiger partial charge in [0.15, 0.2) is 0 Å². The van der Waals surface area contributed by atoms with Crippen LogP contribution in [0, 0.1) is 11.8 Å². The van der Waals surface area contributed by atoms with E-state index in [1.54, 1.807) is 12.1 Å². The number of nitrogens with two attached hydrogens (primary N) is 1. The summed E-state index contributed by atoms with van der Waals surface area (Å²) in [5.74, 6) is 5.79. The third-order valence-electron chi connectivity index (χ3n) is 2.02. The SMILES string of the molecule is COc1cc(Cl)c(C#CCNC(=O)CN)cc1Cl. The van der Waals surface area contributed by atoms with Crippen molar-refractivity contribution in [1.29, 1.82) is 0 Å². The number of carbonyl (C=O) groups is 1. The Hall–Kier alpha value is -1.41. The minimum Gasteiger partial charge on any atom is -0.495 e. The highest BCUT2D eigenvalue weighted by Crippen LogP contribution is 2.30. The van der Waals surface area contributed by atoms with Crippen LogP contribution >= 0.6 is 23.2 Å². The molecule has 3 N–H and O–H groups in total. The zero-order valence-corrected chi connectivity index (χ0v) is 11.2. The monoisotopic (exact) mass is 286 g/mol. The molecular formula is C12H12Cl2N2O2. The molecule has 96 valence electrons. The van der Waals surface area contributed by atoms with Gasteiger partial charge in [-0.1, -0.05) is 35.0 Å². The molecule has 0 aliphatic rings. The molecule has 1 rings (SSSR count). The molecule has 0 aromatic heterocycles. The van der Waals surface area contributed by atoms with Gasteiger partial charge in [0.05, 0.1) is 30.2 Å². The lowest BCUT2D eigenvalue weighted by atomic mass is 10.2. The summed E-state index contributed by atoms with van der Waals surface area (Å²) in [6.07, 6.45) is 0. The maximum Gasteiger partial charge on any atom is 0.234 e. The minimum atomic E-state index is -0.261. The predicted molar refractivity (Wildman–Crippen MR) is 72.0 cm³/mol. The van der Waals surface area contributed by atoms with E-state index < -0.39 is 0 Å². The van der Waals surface area contributed by atoms with Gasteiger partial charge in [0.2, 0.25) is 5.91 Å². The number of nitrogens with one attached hydrogen (secondary N) is 1. The fourth-order valence-corrected chi connectivity index (χ4v) is 1.58. The van der Waals surface area contributed by atoms with Gasteiger partial charge in [0.25, 0.3) is 0 Å². The first-order valence-electron chi connectivity index (χ1n) is 5.07. The molecule has 4 nitrogen and oxygen atoms in total. The first kappa shape index (κ1) is 14.7. The minimum absolute atomic E-state index is 0.0587. The topological polar surface area (TPSA) is 64.3 Å². The first-order chi connectivity index (χ1) is 8.58. The molecule has 1 aromatic carbocycles. The number of amides is 1. The Bertz CT molecular complexity index is 507. The lowest BCUT2D eigenvalue weighted by molar-refractivity contribution is -0.119. The zero-order valence-electron chi connectivity index (χ0n) is 9.72. The molecule has 1 amide bonds. The molecule has 0 radical (unpaired) electrons. The molecule has 1 aromatic rings. The van der Waals surface area contributed by atoms with E-state index in [0.29, 0.717) is 21.4 Å². The highest BCUT2D eigenvalue weighted by atomic mass is 35.5. The van der Waals surface area contributed by atoms with Crippen molar-refractivity contribution in [2.24, 2.45) is 5.73 Å². The third-order valence-corrected chi connectivity index (χ3v) is 2.63. The maximum atomic E-state index is 10.9. The molecule has 18 heavy (non-hydrogen) atoms. The first-order valence-corrected chi connectivity index (χ1v) is 5.82. The van der Waals surface area contributed by atoms with Gasteiger partial charge in [-0.3, -0.25) is 4.79 Å². The average Bonchev–Trinajstić information content (AvgIpc) is 2.37. The van der Waals surface area contributed by atoms with E-state index in [2.05, 4.69) is 17.2 Å². The van der Waals surface area contributed by atoms with Crippen molar-refractivity contribution in [2.45, 2.75) is 0 Å². The lowest BCUT2D eigenvalue weighted by Gasteiger charge is -2.04. The van der Waals surface area contributed by atoms with Crippen molar-refractivity contribution in [3.63, 3.8) is 0 Å². The molecule has 6 heteroatoms. The number of hydrogen-bond donors (Lipinski definition) is 2. The number of hydrogen-bond acceptors (Lipinski definition) is 3. The number of ether oxygens (including phenoxy) is 1. The van der Waals surface area contributed by atoms with Gasteiger partial charge < -0.3 is 15.8 Å². The van der Waals surface area contributed by atoms with E-state index in [1.807, 2.05) is 0 Å². The van der Waals surface area contributed by atoms with E-state index in [9.17, 15) is 4.79 Å². The molecule has 0 spiro atoms. The van der Waals surface area contributed by atoms with Crippen molar-refractivity contribution < 1.29 is 9.53 Å². The quantitative estimate of drug-likeness (QED) is 0.827. The summed E-state index contributed by atoms with van der Waals surface area (Å²) in [5.41, 5.74) is 5.70. The number of carbonyl (C=O) groups excluding carboxylic acids is 1. The van der Waals surface area contributed by atoms with Crippen LogP contribution in [0.25, 0.3) is 0 Å². The Labute approximate surface area is 115 Å². The summed E-state index contributed by atoms with van der Waals surface area (Å²) in [5, 5.41) is 3.39. The normalized spacial score (nSPS) is 9.33. The predicted octanol–water partition coefficient (Wildman–Crippen LogP) is 1.43. The summed E-state index contributed by atoms with van der Waals surface area (Å²) in [4.78, 5) is 10.9. The van der Waals surface area contributed by atoms with Crippen molar-refractivity contribution in [2.75, 3.05) is 20.2 Å². The second-order valence-corrected chi connectivity index (χ2v) is 4.06. The molecule has 0 heterocycles. The van der Waals surface area contributed by atoms with Gasteiger partial charge in [-0.25, -0.2) is 0 Å². The second-order valence-electron chi connectivity index (χ2n) is 3.25. The Kier molecular flexibility index (Phi) is 5.79. The molecule has 0 bridgehead atoms. The van der Waals surface area contributed by atoms with Crippen LogP contribution in [0.4, 0.5) is 0 Å². The summed E-state index contributed by atoms with van der Waals surface area (Å²) in [6, 6.07) is 3.20. The second kappa shape index (κ2) is 7.12. The number of rotatable bonds is 3. The fraction of sp³-hybridized carbons (Fsp3) is 0.250. The molecule has 0 aliphatic heterocycles. The Morgan fingerprint density at radius 2 is 2.17 bits per heavy atom. The van der Waals surface area contributed by atoms with E-state index >= 15 is 0 Å². The summed E-state index contributed by atoms with van der Waals surface area (Å²) in [7, 11) is 1.51. The van der Waals surface area contributed by atoms with Crippen LogP contribution in [0.15, 0.2) is 12.1 Å². The molecular weight excluding hydrogens is 275 g/mol. The van der Waals surface area contributed by atoms with E-state index in [0.717, 1.165) is 0 Å².